The first-order chi connectivity index (χ1) is 10.2. The molecule has 0 aliphatic carbocycles. The van der Waals surface area contributed by atoms with Crippen LogP contribution >= 0.6 is 22.6 Å². The zero-order valence-electron chi connectivity index (χ0n) is 12.4. The van der Waals surface area contributed by atoms with E-state index in [1.165, 1.54) is 17.5 Å². The first-order valence-corrected chi connectivity index (χ1v) is 9.13. The largest absolute Gasteiger partial charge is 0.310 e. The normalized spacial score (nSPS) is 31.7. The van der Waals surface area contributed by atoms with Gasteiger partial charge in [-0.15, -0.1) is 0 Å². The van der Waals surface area contributed by atoms with E-state index < -0.39 is 0 Å². The van der Waals surface area contributed by atoms with Crippen molar-refractivity contribution in [1.29, 1.82) is 0 Å². The van der Waals surface area contributed by atoms with Crippen molar-refractivity contribution in [3.63, 3.8) is 0 Å². The number of fused-ring (bicyclic) bond motifs is 2. The van der Waals surface area contributed by atoms with Gasteiger partial charge in [0.2, 0.25) is 0 Å². The van der Waals surface area contributed by atoms with Crippen molar-refractivity contribution in [2.75, 3.05) is 0 Å². The number of hydrogen-bond acceptors (Lipinski definition) is 2. The lowest BCUT2D eigenvalue weighted by atomic mass is 9.74. The van der Waals surface area contributed by atoms with E-state index in [-0.39, 0.29) is 5.92 Å². The number of hydrogen-bond donors (Lipinski definition) is 1. The molecule has 3 heteroatoms. The zero-order chi connectivity index (χ0) is 14.8. The van der Waals surface area contributed by atoms with Gasteiger partial charge in [0.05, 0.1) is 0 Å². The van der Waals surface area contributed by atoms with Crippen molar-refractivity contribution in [2.45, 2.75) is 50.6 Å². The first-order valence-electron chi connectivity index (χ1n) is 7.88. The maximum Gasteiger partial charge on any atom is 0.137 e. The van der Waals surface area contributed by atoms with Crippen LogP contribution in [0.25, 0.3) is 6.08 Å². The summed E-state index contributed by atoms with van der Waals surface area (Å²) >= 11 is 2.24. The van der Waals surface area contributed by atoms with Gasteiger partial charge >= 0.3 is 0 Å². The summed E-state index contributed by atoms with van der Waals surface area (Å²) in [5.74, 6) is 0.989. The Bertz CT molecular complexity index is 537. The molecule has 4 atom stereocenters. The molecule has 112 valence electrons. The molecule has 0 amide bonds. The molecule has 1 aromatic carbocycles. The van der Waals surface area contributed by atoms with E-state index in [4.69, 9.17) is 0 Å². The second-order valence-electron chi connectivity index (χ2n) is 6.19. The molecule has 2 bridgehead atoms. The van der Waals surface area contributed by atoms with Crippen LogP contribution in [0.15, 0.2) is 28.3 Å². The van der Waals surface area contributed by atoms with Crippen molar-refractivity contribution in [2.24, 2.45) is 5.92 Å². The third-order valence-corrected chi connectivity index (χ3v) is 5.38. The SMILES string of the molecule is CCC(=O)C1C2CCC(CC1c1ccc(/C=C/I)cc1)N2. The van der Waals surface area contributed by atoms with E-state index in [2.05, 4.69) is 58.2 Å². The Kier molecular flexibility index (Phi) is 4.79. The molecule has 2 aliphatic heterocycles. The molecule has 1 N–H and O–H groups in total. The number of benzene rings is 1. The minimum atomic E-state index is 0.166. The average Bonchev–Trinajstić information content (AvgIpc) is 2.89. The molecule has 0 saturated carbocycles. The van der Waals surface area contributed by atoms with E-state index >= 15 is 0 Å². The van der Waals surface area contributed by atoms with Gasteiger partial charge in [0.1, 0.15) is 5.78 Å². The number of halogens is 1. The highest BCUT2D eigenvalue weighted by molar-refractivity contribution is 14.1. The Balaban J connectivity index is 1.88. The molecule has 2 saturated heterocycles. The summed E-state index contributed by atoms with van der Waals surface area (Å²) in [7, 11) is 0. The van der Waals surface area contributed by atoms with Gasteiger partial charge in [-0.3, -0.25) is 4.79 Å². The fourth-order valence-corrected chi connectivity index (χ4v) is 4.42. The van der Waals surface area contributed by atoms with Gasteiger partial charge in [0.25, 0.3) is 0 Å². The molecular formula is C18H22INO. The Morgan fingerprint density at radius 2 is 2.10 bits per heavy atom. The molecule has 2 heterocycles. The second kappa shape index (κ2) is 6.61. The lowest BCUT2D eigenvalue weighted by Crippen LogP contribution is -2.47. The van der Waals surface area contributed by atoms with Gasteiger partial charge in [-0.2, -0.15) is 0 Å². The number of carbonyl (C=O) groups is 1. The van der Waals surface area contributed by atoms with Crippen LogP contribution < -0.4 is 5.32 Å². The third kappa shape index (κ3) is 3.09. The van der Waals surface area contributed by atoms with Gasteiger partial charge in [0.15, 0.2) is 0 Å². The smallest absolute Gasteiger partial charge is 0.137 e. The van der Waals surface area contributed by atoms with Crippen LogP contribution in [-0.4, -0.2) is 17.9 Å². The molecule has 2 aliphatic rings. The maximum absolute atomic E-state index is 12.5. The summed E-state index contributed by atoms with van der Waals surface area (Å²) in [5.41, 5.74) is 2.56. The molecule has 0 radical (unpaired) electrons. The summed E-state index contributed by atoms with van der Waals surface area (Å²) in [6, 6.07) is 9.78. The molecule has 2 nitrogen and oxygen atoms in total. The molecule has 0 spiro atoms. The number of rotatable bonds is 4. The molecule has 21 heavy (non-hydrogen) atoms. The number of piperidine rings is 1. The van der Waals surface area contributed by atoms with Gasteiger partial charge in [-0.25, -0.2) is 0 Å². The number of Topliss-reactive ketones (excluding diaryl/α,β-unsaturated/α-hetero) is 1. The number of ketones is 1. The van der Waals surface area contributed by atoms with Crippen molar-refractivity contribution < 1.29 is 4.79 Å². The molecule has 0 aromatic heterocycles. The molecule has 1 aromatic rings. The van der Waals surface area contributed by atoms with Crippen molar-refractivity contribution in [3.05, 3.63) is 39.5 Å². The van der Waals surface area contributed by atoms with Gasteiger partial charge in [-0.1, -0.05) is 53.8 Å². The van der Waals surface area contributed by atoms with Gasteiger partial charge in [-0.05, 0) is 46.5 Å². The first kappa shape index (κ1) is 15.2. The predicted octanol–water partition coefficient (Wildman–Crippen LogP) is 4.30. The van der Waals surface area contributed by atoms with Crippen LogP contribution in [-0.2, 0) is 4.79 Å². The minimum Gasteiger partial charge on any atom is -0.310 e. The highest BCUT2D eigenvalue weighted by Crippen LogP contribution is 2.42. The predicted molar refractivity (Wildman–Crippen MR) is 95.6 cm³/mol. The Morgan fingerprint density at radius 3 is 2.76 bits per heavy atom. The summed E-state index contributed by atoms with van der Waals surface area (Å²) < 4.78 is 2.03. The van der Waals surface area contributed by atoms with Crippen LogP contribution in [0.5, 0.6) is 0 Å². The number of carbonyl (C=O) groups excluding carboxylic acids is 1. The van der Waals surface area contributed by atoms with Crippen LogP contribution in [0.1, 0.15) is 49.7 Å². The van der Waals surface area contributed by atoms with Gasteiger partial charge in [0, 0.05) is 24.4 Å². The molecule has 3 rings (SSSR count). The topological polar surface area (TPSA) is 29.1 Å². The summed E-state index contributed by atoms with van der Waals surface area (Å²) in [4.78, 5) is 12.5. The fourth-order valence-electron chi connectivity index (χ4n) is 4.01. The second-order valence-corrected chi connectivity index (χ2v) is 6.91. The van der Waals surface area contributed by atoms with Crippen LogP contribution in [0.2, 0.25) is 0 Å². The Hall–Kier alpha value is -0.680. The van der Waals surface area contributed by atoms with E-state index in [9.17, 15) is 4.79 Å². The zero-order valence-corrected chi connectivity index (χ0v) is 14.5. The molecular weight excluding hydrogens is 373 g/mol. The van der Waals surface area contributed by atoms with Crippen LogP contribution in [0.4, 0.5) is 0 Å². The Labute approximate surface area is 140 Å². The number of nitrogens with one attached hydrogen (secondary N) is 1. The van der Waals surface area contributed by atoms with E-state index in [0.717, 1.165) is 12.8 Å². The van der Waals surface area contributed by atoms with Gasteiger partial charge < -0.3 is 5.32 Å². The van der Waals surface area contributed by atoms with Crippen molar-refractivity contribution >= 4 is 34.5 Å². The standard InChI is InChI=1S/C18H22INO/c1-2-17(21)18-15(11-14-7-8-16(18)20-14)13-5-3-12(4-6-13)9-10-19/h3-6,9-10,14-16,18,20H,2,7-8,11H2,1H3/b10-9+. The highest BCUT2D eigenvalue weighted by atomic mass is 127. The minimum absolute atomic E-state index is 0.166. The van der Waals surface area contributed by atoms with Crippen molar-refractivity contribution in [1.82, 2.24) is 5.32 Å². The van der Waals surface area contributed by atoms with Crippen molar-refractivity contribution in [3.8, 4) is 0 Å². The quantitative estimate of drug-likeness (QED) is 0.771. The van der Waals surface area contributed by atoms with Crippen LogP contribution in [0.3, 0.4) is 0 Å². The molecule has 4 unspecified atom stereocenters. The summed E-state index contributed by atoms with van der Waals surface area (Å²) in [6.07, 6.45) is 6.25. The highest BCUT2D eigenvalue weighted by Gasteiger charge is 2.44. The average molecular weight is 395 g/mol. The molecule has 2 fully saturated rings. The van der Waals surface area contributed by atoms with Crippen LogP contribution in [0, 0.1) is 5.92 Å². The van der Waals surface area contributed by atoms with E-state index in [0.29, 0.717) is 30.2 Å². The van der Waals surface area contributed by atoms with E-state index in [1.807, 2.05) is 11.0 Å². The maximum atomic E-state index is 12.5. The fraction of sp³-hybridized carbons (Fsp3) is 0.500. The lowest BCUT2D eigenvalue weighted by molar-refractivity contribution is -0.124. The Morgan fingerprint density at radius 1 is 1.33 bits per heavy atom. The monoisotopic (exact) mass is 395 g/mol. The third-order valence-electron chi connectivity index (χ3n) is 5.02. The lowest BCUT2D eigenvalue weighted by Gasteiger charge is -2.37. The van der Waals surface area contributed by atoms with E-state index in [1.54, 1.807) is 0 Å². The summed E-state index contributed by atoms with van der Waals surface area (Å²) in [6.45, 7) is 1.99. The summed E-state index contributed by atoms with van der Waals surface area (Å²) in [5, 5.41) is 3.65.